The van der Waals surface area contributed by atoms with E-state index in [2.05, 4.69) is 241 Å². The lowest BCUT2D eigenvalue weighted by molar-refractivity contribution is 0.353. The molecule has 0 amide bonds. The lowest BCUT2D eigenvalue weighted by Crippen LogP contribution is -2.28. The molecule has 1 aromatic heterocycles. The molecular weight excluding hydrogens is 907 g/mol. The third-order valence-electron chi connectivity index (χ3n) is 18.2. The average Bonchev–Trinajstić information content (AvgIpc) is 4.18. The van der Waals surface area contributed by atoms with E-state index < -0.39 is 5.41 Å². The average molecular weight is 956 g/mol. The fraction of sp³-hybridized carbons (Fsp3) is 0.0959. The van der Waals surface area contributed by atoms with Gasteiger partial charge in [0, 0.05) is 33.0 Å². The van der Waals surface area contributed by atoms with Gasteiger partial charge >= 0.3 is 0 Å². The molecule has 4 aliphatic carbocycles. The van der Waals surface area contributed by atoms with Gasteiger partial charge in [-0.15, -0.1) is 0 Å². The van der Waals surface area contributed by atoms with Crippen molar-refractivity contribution in [1.29, 1.82) is 0 Å². The maximum absolute atomic E-state index is 6.54. The predicted molar refractivity (Wildman–Crippen MR) is 312 cm³/mol. The van der Waals surface area contributed by atoms with Gasteiger partial charge in [-0.1, -0.05) is 207 Å². The van der Waals surface area contributed by atoms with Gasteiger partial charge in [-0.3, -0.25) is 0 Å². The van der Waals surface area contributed by atoms with Crippen LogP contribution in [0.2, 0.25) is 0 Å². The van der Waals surface area contributed by atoms with E-state index >= 15 is 0 Å². The molecule has 2 heteroatoms. The Labute approximate surface area is 435 Å². The van der Waals surface area contributed by atoms with Crippen LogP contribution in [0.5, 0.6) is 0 Å². The zero-order valence-electron chi connectivity index (χ0n) is 41.4. The Hall–Kier alpha value is -8.98. The van der Waals surface area contributed by atoms with E-state index in [0.717, 1.165) is 51.7 Å². The Morgan fingerprint density at radius 2 is 0.840 bits per heavy atom. The number of hydrogen-bond donors (Lipinski definition) is 0. The largest absolute Gasteiger partial charge is 0.456 e. The van der Waals surface area contributed by atoms with E-state index in [1.165, 1.54) is 130 Å². The van der Waals surface area contributed by atoms with Crippen molar-refractivity contribution in [3.8, 4) is 44.5 Å². The highest BCUT2D eigenvalue weighted by Gasteiger charge is 2.52. The lowest BCUT2D eigenvalue weighted by Gasteiger charge is -2.36. The summed E-state index contributed by atoms with van der Waals surface area (Å²) < 4.78 is 6.54. The molecule has 1 heterocycles. The van der Waals surface area contributed by atoms with Gasteiger partial charge in [0.25, 0.3) is 0 Å². The molecule has 0 bridgehead atoms. The van der Waals surface area contributed by atoms with Crippen molar-refractivity contribution >= 4 is 71.3 Å². The molecule has 17 rings (SSSR count). The van der Waals surface area contributed by atoms with Crippen molar-refractivity contribution in [2.75, 3.05) is 4.90 Å². The molecule has 352 valence electrons. The summed E-state index contributed by atoms with van der Waals surface area (Å²) in [5, 5.41) is 9.85. The standard InChI is InChI=1S/C73H49NO/c1-16-39-72(40-17-1)61-28-11-9-27-56(61)71-65(72)32-18-33-67(71)74(46-36-37-51-49-21-3-2-19-47(49)48-20-4-5-22-50(48)58(51)42-46)68-44-66-59(43-57(68)45-35-38-70-60(41-45)55-26-10-15-34-69(55)75-70)54-25-8-14-31-64(54)73(66)62-29-12-6-23-52(62)53-24-7-13-30-63(53)73/h2-15,18-38,41-44H,1,16-17,39-40H2. The fourth-order valence-corrected chi connectivity index (χ4v) is 15.2. The second-order valence-electron chi connectivity index (χ2n) is 21.7. The van der Waals surface area contributed by atoms with Crippen LogP contribution >= 0.6 is 0 Å². The zero-order chi connectivity index (χ0) is 49.0. The van der Waals surface area contributed by atoms with Gasteiger partial charge in [0.15, 0.2) is 0 Å². The van der Waals surface area contributed by atoms with Gasteiger partial charge in [-0.2, -0.15) is 0 Å². The molecule has 1 fully saturated rings. The van der Waals surface area contributed by atoms with Crippen molar-refractivity contribution in [3.63, 3.8) is 0 Å². The topological polar surface area (TPSA) is 16.4 Å². The van der Waals surface area contributed by atoms with Gasteiger partial charge in [0.05, 0.1) is 16.8 Å². The summed E-state index contributed by atoms with van der Waals surface area (Å²) in [6.07, 6.45) is 6.09. The number of hydrogen-bond acceptors (Lipinski definition) is 2. The minimum atomic E-state index is -0.543. The molecule has 0 atom stereocenters. The van der Waals surface area contributed by atoms with Crippen LogP contribution in [-0.2, 0) is 10.8 Å². The summed E-state index contributed by atoms with van der Waals surface area (Å²) in [6.45, 7) is 0. The van der Waals surface area contributed by atoms with Crippen LogP contribution < -0.4 is 4.90 Å². The predicted octanol–water partition coefficient (Wildman–Crippen LogP) is 19.8. The molecule has 0 aliphatic heterocycles. The summed E-state index contributed by atoms with van der Waals surface area (Å²) in [5.41, 5.74) is 23.2. The molecule has 12 aromatic carbocycles. The van der Waals surface area contributed by atoms with E-state index in [-0.39, 0.29) is 5.41 Å². The monoisotopic (exact) mass is 955 g/mol. The number of para-hydroxylation sites is 1. The van der Waals surface area contributed by atoms with E-state index in [1.54, 1.807) is 0 Å². The first-order valence-corrected chi connectivity index (χ1v) is 27.0. The van der Waals surface area contributed by atoms with Crippen LogP contribution in [0.3, 0.4) is 0 Å². The summed E-state index contributed by atoms with van der Waals surface area (Å²) in [7, 11) is 0. The van der Waals surface area contributed by atoms with Crippen molar-refractivity contribution in [1.82, 2.24) is 0 Å². The summed E-state index contributed by atoms with van der Waals surface area (Å²) in [6, 6.07) is 90.1. The van der Waals surface area contributed by atoms with Gasteiger partial charge in [-0.05, 0) is 160 Å². The number of nitrogens with zero attached hydrogens (tertiary/aromatic N) is 1. The number of furan rings is 1. The smallest absolute Gasteiger partial charge is 0.135 e. The van der Waals surface area contributed by atoms with Crippen LogP contribution in [0.15, 0.2) is 241 Å². The number of benzene rings is 12. The van der Waals surface area contributed by atoms with E-state index in [4.69, 9.17) is 4.42 Å². The molecule has 13 aromatic rings. The highest BCUT2D eigenvalue weighted by molar-refractivity contribution is 6.26. The molecule has 0 N–H and O–H groups in total. The Kier molecular flexibility index (Phi) is 8.46. The van der Waals surface area contributed by atoms with Crippen LogP contribution in [0.1, 0.15) is 65.5 Å². The molecule has 0 saturated heterocycles. The van der Waals surface area contributed by atoms with Gasteiger partial charge in [0.2, 0.25) is 0 Å². The van der Waals surface area contributed by atoms with Crippen molar-refractivity contribution in [2.24, 2.45) is 0 Å². The third-order valence-corrected chi connectivity index (χ3v) is 18.2. The lowest BCUT2D eigenvalue weighted by atomic mass is 9.68. The minimum absolute atomic E-state index is 0.0263. The Balaban J connectivity index is 1.04. The first-order chi connectivity index (χ1) is 37.2. The minimum Gasteiger partial charge on any atom is -0.456 e. The Morgan fingerprint density at radius 1 is 0.307 bits per heavy atom. The molecule has 2 nitrogen and oxygen atoms in total. The quantitative estimate of drug-likeness (QED) is 0.163. The normalized spacial score (nSPS) is 15.1. The Morgan fingerprint density at radius 3 is 1.52 bits per heavy atom. The van der Waals surface area contributed by atoms with Crippen molar-refractivity contribution < 1.29 is 4.42 Å². The van der Waals surface area contributed by atoms with E-state index in [1.807, 2.05) is 0 Å². The van der Waals surface area contributed by atoms with Crippen LogP contribution in [-0.4, -0.2) is 0 Å². The summed E-state index contributed by atoms with van der Waals surface area (Å²) in [5.74, 6) is 0. The first-order valence-electron chi connectivity index (χ1n) is 27.0. The fourth-order valence-electron chi connectivity index (χ4n) is 15.2. The zero-order valence-corrected chi connectivity index (χ0v) is 41.4. The maximum Gasteiger partial charge on any atom is 0.135 e. The van der Waals surface area contributed by atoms with E-state index in [0.29, 0.717) is 0 Å². The molecule has 4 aliphatic rings. The molecule has 0 unspecified atom stereocenters. The Bertz CT molecular complexity index is 4520. The number of anilines is 3. The molecular formula is C73H49NO. The number of rotatable bonds is 4. The second kappa shape index (κ2) is 15.3. The van der Waals surface area contributed by atoms with Crippen molar-refractivity contribution in [3.05, 3.63) is 270 Å². The first kappa shape index (κ1) is 41.5. The van der Waals surface area contributed by atoms with Crippen molar-refractivity contribution in [2.45, 2.75) is 42.9 Å². The van der Waals surface area contributed by atoms with Crippen LogP contribution in [0, 0.1) is 0 Å². The van der Waals surface area contributed by atoms with Gasteiger partial charge < -0.3 is 9.32 Å². The highest BCUT2D eigenvalue weighted by Crippen LogP contribution is 2.65. The summed E-state index contributed by atoms with van der Waals surface area (Å²) >= 11 is 0. The second-order valence-corrected chi connectivity index (χ2v) is 21.7. The molecule has 2 spiro atoms. The third kappa shape index (κ3) is 5.43. The van der Waals surface area contributed by atoms with Gasteiger partial charge in [0.1, 0.15) is 11.2 Å². The van der Waals surface area contributed by atoms with Crippen LogP contribution in [0.4, 0.5) is 17.1 Å². The maximum atomic E-state index is 6.54. The van der Waals surface area contributed by atoms with Gasteiger partial charge in [-0.25, -0.2) is 0 Å². The molecule has 0 radical (unpaired) electrons. The SMILES string of the molecule is c1ccc2c(c1)-c1c(N(c3ccc4c5ccccc5c5ccccc5c4c3)c3cc4c(cc3-c3ccc5oc6ccccc6c5c3)-c3ccccc3C43c4ccccc4-c4ccccc43)cccc1C21CCCCC1. The molecule has 1 saturated carbocycles. The molecule has 75 heavy (non-hydrogen) atoms. The van der Waals surface area contributed by atoms with E-state index in [9.17, 15) is 0 Å². The highest BCUT2D eigenvalue weighted by atomic mass is 16.3. The summed E-state index contributed by atoms with van der Waals surface area (Å²) in [4.78, 5) is 2.68. The number of fused-ring (bicyclic) bond motifs is 24. The van der Waals surface area contributed by atoms with Crippen LogP contribution in [0.25, 0.3) is 98.8 Å².